The van der Waals surface area contributed by atoms with E-state index >= 15 is 0 Å². The van der Waals surface area contributed by atoms with Gasteiger partial charge in [-0.1, -0.05) is 0 Å². The first kappa shape index (κ1) is 17.8. The smallest absolute Gasteiger partial charge is 0.410 e. The number of hydrogen-bond acceptors (Lipinski definition) is 4. The summed E-state index contributed by atoms with van der Waals surface area (Å²) in [6, 6.07) is 3.46. The number of nitrogens with zero attached hydrogens (tertiary/aromatic N) is 3. The average molecular weight is 432 g/mol. The van der Waals surface area contributed by atoms with E-state index in [1.807, 2.05) is 32.9 Å². The molecule has 8 heteroatoms. The van der Waals surface area contributed by atoms with Gasteiger partial charge in [-0.15, -0.1) is 0 Å². The quantitative estimate of drug-likeness (QED) is 0.547. The molecule has 0 atom stereocenters. The molecule has 1 aromatic rings. The van der Waals surface area contributed by atoms with E-state index in [0.717, 1.165) is 3.70 Å². The summed E-state index contributed by atoms with van der Waals surface area (Å²) in [7, 11) is 0. The molecule has 1 aromatic heterocycles. The summed E-state index contributed by atoms with van der Waals surface area (Å²) < 4.78 is 6.21. The van der Waals surface area contributed by atoms with E-state index < -0.39 is 5.60 Å². The van der Waals surface area contributed by atoms with Gasteiger partial charge < -0.3 is 19.9 Å². The minimum Gasteiger partial charge on any atom is -0.444 e. The molecule has 0 saturated carbocycles. The maximum atomic E-state index is 12.2. The lowest BCUT2D eigenvalue weighted by Crippen LogP contribution is -2.52. The Hall–Kier alpha value is -1.58. The predicted octanol–water partition coefficient (Wildman–Crippen LogP) is 2.77. The standard InChI is InChI=1S/C15H21IN4O3/c1-15(2,3)23-14(22)20-8-6-19(7-9-20)13(21)18-11-4-5-12(16)17-10-11/h4-5,10H,6-9H2,1-3H3,(H,18,21). The number of carbonyl (C=O) groups is 2. The molecule has 0 radical (unpaired) electrons. The number of nitrogens with one attached hydrogen (secondary N) is 1. The summed E-state index contributed by atoms with van der Waals surface area (Å²) in [5.41, 5.74) is 0.147. The van der Waals surface area contributed by atoms with Crippen molar-refractivity contribution in [3.05, 3.63) is 22.0 Å². The van der Waals surface area contributed by atoms with Crippen molar-refractivity contribution in [3.8, 4) is 0 Å². The first-order valence-electron chi connectivity index (χ1n) is 7.40. The fourth-order valence-corrected chi connectivity index (χ4v) is 2.39. The zero-order valence-electron chi connectivity index (χ0n) is 13.5. The molecule has 1 N–H and O–H groups in total. The molecular formula is C15H21IN4O3. The van der Waals surface area contributed by atoms with Crippen LogP contribution in [0.5, 0.6) is 0 Å². The van der Waals surface area contributed by atoms with E-state index in [1.165, 1.54) is 0 Å². The molecule has 7 nitrogen and oxygen atoms in total. The van der Waals surface area contributed by atoms with E-state index in [4.69, 9.17) is 4.74 Å². The van der Waals surface area contributed by atoms with Crippen molar-refractivity contribution in [2.45, 2.75) is 26.4 Å². The van der Waals surface area contributed by atoms with Crippen molar-refractivity contribution in [2.24, 2.45) is 0 Å². The van der Waals surface area contributed by atoms with E-state index in [2.05, 4.69) is 32.9 Å². The number of carbonyl (C=O) groups excluding carboxylic acids is 2. The van der Waals surface area contributed by atoms with Crippen LogP contribution in [0.3, 0.4) is 0 Å². The SMILES string of the molecule is CC(C)(C)OC(=O)N1CCN(C(=O)Nc2ccc(I)nc2)CC1. The molecular weight excluding hydrogens is 411 g/mol. The molecule has 2 heterocycles. The summed E-state index contributed by atoms with van der Waals surface area (Å²) >= 11 is 2.11. The fraction of sp³-hybridized carbons (Fsp3) is 0.533. The molecule has 23 heavy (non-hydrogen) atoms. The highest BCUT2D eigenvalue weighted by molar-refractivity contribution is 14.1. The topological polar surface area (TPSA) is 74.8 Å². The molecule has 1 saturated heterocycles. The number of halogens is 1. The number of amides is 3. The Labute approximate surface area is 149 Å². The van der Waals surface area contributed by atoms with E-state index in [0.29, 0.717) is 31.9 Å². The Kier molecular flexibility index (Phi) is 5.66. The van der Waals surface area contributed by atoms with Crippen LogP contribution in [0.1, 0.15) is 20.8 Å². The normalized spacial score (nSPS) is 15.3. The van der Waals surface area contributed by atoms with E-state index in [1.54, 1.807) is 16.0 Å². The lowest BCUT2D eigenvalue weighted by atomic mass is 10.2. The molecule has 0 aromatic carbocycles. The maximum absolute atomic E-state index is 12.2. The zero-order chi connectivity index (χ0) is 17.0. The summed E-state index contributed by atoms with van der Waals surface area (Å²) in [5.74, 6) is 0. The molecule has 1 fully saturated rings. The van der Waals surface area contributed by atoms with Crippen LogP contribution in [0, 0.1) is 3.70 Å². The molecule has 0 aliphatic carbocycles. The predicted molar refractivity (Wildman–Crippen MR) is 95.4 cm³/mol. The molecule has 0 spiro atoms. The third-order valence-electron chi connectivity index (χ3n) is 3.20. The Morgan fingerprint density at radius 2 is 1.78 bits per heavy atom. The van der Waals surface area contributed by atoms with Crippen molar-refractivity contribution in [1.29, 1.82) is 0 Å². The van der Waals surface area contributed by atoms with Crippen LogP contribution < -0.4 is 5.32 Å². The lowest BCUT2D eigenvalue weighted by Gasteiger charge is -2.35. The van der Waals surface area contributed by atoms with Crippen LogP contribution >= 0.6 is 22.6 Å². The van der Waals surface area contributed by atoms with Gasteiger partial charge in [-0.05, 0) is 55.5 Å². The number of pyridine rings is 1. The third-order valence-corrected chi connectivity index (χ3v) is 3.84. The van der Waals surface area contributed by atoms with Crippen LogP contribution in [0.2, 0.25) is 0 Å². The van der Waals surface area contributed by atoms with Gasteiger partial charge >= 0.3 is 12.1 Å². The first-order valence-corrected chi connectivity index (χ1v) is 8.48. The van der Waals surface area contributed by atoms with Gasteiger partial charge in [0.05, 0.1) is 11.9 Å². The highest BCUT2D eigenvalue weighted by Crippen LogP contribution is 2.13. The van der Waals surface area contributed by atoms with Crippen molar-refractivity contribution >= 4 is 40.4 Å². The molecule has 2 rings (SSSR count). The summed E-state index contributed by atoms with van der Waals surface area (Å²) in [6.45, 7) is 7.39. The van der Waals surface area contributed by atoms with Crippen molar-refractivity contribution in [2.75, 3.05) is 31.5 Å². The number of piperazine rings is 1. The number of aromatic nitrogens is 1. The Morgan fingerprint density at radius 3 is 2.30 bits per heavy atom. The Balaban J connectivity index is 1.83. The van der Waals surface area contributed by atoms with Gasteiger partial charge in [0.1, 0.15) is 9.30 Å². The molecule has 3 amide bonds. The van der Waals surface area contributed by atoms with Gasteiger partial charge in [0.15, 0.2) is 0 Å². The largest absolute Gasteiger partial charge is 0.444 e. The average Bonchev–Trinajstić information content (AvgIpc) is 2.48. The summed E-state index contributed by atoms with van der Waals surface area (Å²) in [5, 5.41) is 2.81. The van der Waals surface area contributed by atoms with Crippen LogP contribution in [0.4, 0.5) is 15.3 Å². The van der Waals surface area contributed by atoms with E-state index in [-0.39, 0.29) is 12.1 Å². The monoisotopic (exact) mass is 432 g/mol. The molecule has 126 valence electrons. The number of ether oxygens (including phenoxy) is 1. The van der Waals surface area contributed by atoms with Crippen molar-refractivity contribution in [3.63, 3.8) is 0 Å². The Bertz CT molecular complexity index is 563. The van der Waals surface area contributed by atoms with Crippen LogP contribution in [0.25, 0.3) is 0 Å². The maximum Gasteiger partial charge on any atom is 0.410 e. The third kappa shape index (κ3) is 5.52. The van der Waals surface area contributed by atoms with E-state index in [9.17, 15) is 9.59 Å². The van der Waals surface area contributed by atoms with Crippen LogP contribution in [0.15, 0.2) is 18.3 Å². The summed E-state index contributed by atoms with van der Waals surface area (Å²) in [4.78, 5) is 31.6. The van der Waals surface area contributed by atoms with Crippen LogP contribution in [-0.4, -0.2) is 58.7 Å². The second-order valence-corrected chi connectivity index (χ2v) is 7.36. The zero-order valence-corrected chi connectivity index (χ0v) is 15.7. The first-order chi connectivity index (χ1) is 10.7. The molecule has 1 aliphatic rings. The number of hydrogen-bond donors (Lipinski definition) is 1. The van der Waals surface area contributed by atoms with Gasteiger partial charge in [-0.2, -0.15) is 0 Å². The second-order valence-electron chi connectivity index (χ2n) is 6.25. The summed E-state index contributed by atoms with van der Waals surface area (Å²) in [6.07, 6.45) is 1.29. The van der Waals surface area contributed by atoms with Gasteiger partial charge in [0.25, 0.3) is 0 Å². The highest BCUT2D eigenvalue weighted by atomic mass is 127. The van der Waals surface area contributed by atoms with Crippen molar-refractivity contribution in [1.82, 2.24) is 14.8 Å². The minimum atomic E-state index is -0.511. The molecule has 0 bridgehead atoms. The minimum absolute atomic E-state index is 0.183. The lowest BCUT2D eigenvalue weighted by molar-refractivity contribution is 0.0174. The van der Waals surface area contributed by atoms with Gasteiger partial charge in [0.2, 0.25) is 0 Å². The van der Waals surface area contributed by atoms with Gasteiger partial charge in [0, 0.05) is 26.2 Å². The number of rotatable bonds is 1. The highest BCUT2D eigenvalue weighted by Gasteiger charge is 2.27. The van der Waals surface area contributed by atoms with Crippen LogP contribution in [-0.2, 0) is 4.74 Å². The fourth-order valence-electron chi connectivity index (χ4n) is 2.07. The second kappa shape index (κ2) is 7.33. The van der Waals surface area contributed by atoms with Gasteiger partial charge in [-0.25, -0.2) is 14.6 Å². The van der Waals surface area contributed by atoms with Gasteiger partial charge in [-0.3, -0.25) is 0 Å². The Morgan fingerprint density at radius 1 is 1.17 bits per heavy atom. The molecule has 0 unspecified atom stereocenters. The number of urea groups is 1. The number of anilines is 1. The van der Waals surface area contributed by atoms with Crippen molar-refractivity contribution < 1.29 is 14.3 Å². The molecule has 1 aliphatic heterocycles.